The molecule has 0 saturated carbocycles. The van der Waals surface area contributed by atoms with Gasteiger partial charge in [0.15, 0.2) is 0 Å². The van der Waals surface area contributed by atoms with Crippen LogP contribution in [0.4, 0.5) is 0 Å². The molecule has 0 fully saturated rings. The van der Waals surface area contributed by atoms with Gasteiger partial charge in [-0.2, -0.15) is 0 Å². The molecular formula is C31H65NO6. The van der Waals surface area contributed by atoms with Crippen LogP contribution in [0.2, 0.25) is 0 Å². The molecule has 1 N–H and O–H groups in total. The van der Waals surface area contributed by atoms with Crippen molar-refractivity contribution in [1.29, 1.82) is 0 Å². The van der Waals surface area contributed by atoms with E-state index in [4.69, 9.17) is 28.4 Å². The van der Waals surface area contributed by atoms with E-state index in [1.54, 1.807) is 0 Å². The van der Waals surface area contributed by atoms with Crippen LogP contribution in [0.1, 0.15) is 110 Å². The van der Waals surface area contributed by atoms with Crippen LogP contribution in [0.3, 0.4) is 0 Å². The van der Waals surface area contributed by atoms with Gasteiger partial charge < -0.3 is 33.7 Å². The normalized spacial score (nSPS) is 11.5. The summed E-state index contributed by atoms with van der Waals surface area (Å²) < 4.78 is 33.0. The van der Waals surface area contributed by atoms with Gasteiger partial charge in [0.2, 0.25) is 0 Å². The molecule has 38 heavy (non-hydrogen) atoms. The van der Waals surface area contributed by atoms with E-state index in [1.807, 2.05) is 7.05 Å². The monoisotopic (exact) mass is 547 g/mol. The quantitative estimate of drug-likeness (QED) is 0.0901. The number of likely N-dealkylation sites (N-methyl/N-ethyl adjacent to an activating group) is 1. The van der Waals surface area contributed by atoms with Crippen LogP contribution < -0.4 is 5.32 Å². The highest BCUT2D eigenvalue weighted by atomic mass is 16.6. The third kappa shape index (κ3) is 35.7. The molecule has 0 radical (unpaired) electrons. The molecule has 0 aliphatic heterocycles. The maximum Gasteiger partial charge on any atom is 0.0701 e. The van der Waals surface area contributed by atoms with E-state index in [0.717, 1.165) is 19.6 Å². The highest BCUT2D eigenvalue weighted by molar-refractivity contribution is 4.50. The van der Waals surface area contributed by atoms with Gasteiger partial charge in [-0.3, -0.25) is 0 Å². The lowest BCUT2D eigenvalue weighted by molar-refractivity contribution is -0.0166. The Labute approximate surface area is 236 Å². The maximum absolute atomic E-state index is 5.67. The van der Waals surface area contributed by atoms with Crippen molar-refractivity contribution in [2.45, 2.75) is 110 Å². The number of hydrogen-bond donors (Lipinski definition) is 1. The Bertz CT molecular complexity index is 367. The lowest BCUT2D eigenvalue weighted by Crippen LogP contribution is -2.17. The zero-order valence-electron chi connectivity index (χ0n) is 25.5. The van der Waals surface area contributed by atoms with Crippen molar-refractivity contribution < 1.29 is 28.4 Å². The average molecular weight is 548 g/mol. The van der Waals surface area contributed by atoms with E-state index in [9.17, 15) is 0 Å². The molecule has 0 amide bonds. The highest BCUT2D eigenvalue weighted by Gasteiger charge is 1.96. The Morgan fingerprint density at radius 3 is 0.895 bits per heavy atom. The lowest BCUT2D eigenvalue weighted by atomic mass is 10.0. The van der Waals surface area contributed by atoms with Crippen molar-refractivity contribution in [2.24, 2.45) is 0 Å². The fourth-order valence-corrected chi connectivity index (χ4v) is 4.13. The van der Waals surface area contributed by atoms with Gasteiger partial charge in [0.25, 0.3) is 0 Å². The molecule has 0 aromatic rings. The summed E-state index contributed by atoms with van der Waals surface area (Å²) in [5.41, 5.74) is 0. The largest absolute Gasteiger partial charge is 0.379 e. The number of unbranched alkanes of at least 4 members (excludes halogenated alkanes) is 15. The van der Waals surface area contributed by atoms with Crippen LogP contribution in [0, 0.1) is 0 Å². The summed E-state index contributed by atoms with van der Waals surface area (Å²) in [7, 11) is 1.91. The first-order valence-electron chi connectivity index (χ1n) is 16.0. The van der Waals surface area contributed by atoms with Gasteiger partial charge >= 0.3 is 0 Å². The van der Waals surface area contributed by atoms with Crippen LogP contribution in [0.5, 0.6) is 0 Å². The van der Waals surface area contributed by atoms with Crippen molar-refractivity contribution in [3.63, 3.8) is 0 Å². The van der Waals surface area contributed by atoms with Gasteiger partial charge in [0.1, 0.15) is 0 Å². The van der Waals surface area contributed by atoms with E-state index >= 15 is 0 Å². The molecule has 0 spiro atoms. The molecule has 0 bridgehead atoms. The number of rotatable bonds is 35. The van der Waals surface area contributed by atoms with E-state index in [-0.39, 0.29) is 0 Å². The minimum absolute atomic E-state index is 0.574. The minimum atomic E-state index is 0.574. The summed E-state index contributed by atoms with van der Waals surface area (Å²) in [6.07, 6.45) is 22.3. The van der Waals surface area contributed by atoms with Crippen molar-refractivity contribution >= 4 is 0 Å². The molecule has 0 aliphatic carbocycles. The smallest absolute Gasteiger partial charge is 0.0701 e. The van der Waals surface area contributed by atoms with Crippen molar-refractivity contribution in [3.05, 3.63) is 0 Å². The Hall–Kier alpha value is -0.280. The van der Waals surface area contributed by atoms with Crippen LogP contribution >= 0.6 is 0 Å². The van der Waals surface area contributed by atoms with E-state index < -0.39 is 0 Å². The topological polar surface area (TPSA) is 67.4 Å². The molecular weight excluding hydrogens is 482 g/mol. The molecule has 0 unspecified atom stereocenters. The second-order valence-electron chi connectivity index (χ2n) is 10.1. The van der Waals surface area contributed by atoms with Gasteiger partial charge in [0, 0.05) is 13.2 Å². The molecule has 0 aromatic carbocycles. The van der Waals surface area contributed by atoms with E-state index in [0.29, 0.717) is 72.7 Å². The Morgan fingerprint density at radius 2 is 0.579 bits per heavy atom. The minimum Gasteiger partial charge on any atom is -0.379 e. The summed E-state index contributed by atoms with van der Waals surface area (Å²) >= 11 is 0. The zero-order valence-corrected chi connectivity index (χ0v) is 25.5. The Kier molecular flexibility index (Phi) is 36.4. The molecule has 7 nitrogen and oxygen atoms in total. The second-order valence-corrected chi connectivity index (χ2v) is 10.1. The molecule has 0 atom stereocenters. The first-order chi connectivity index (χ1) is 18.9. The summed E-state index contributed by atoms with van der Waals surface area (Å²) in [6.45, 7) is 10.7. The average Bonchev–Trinajstić information content (AvgIpc) is 2.93. The van der Waals surface area contributed by atoms with Crippen molar-refractivity contribution in [3.8, 4) is 0 Å². The van der Waals surface area contributed by atoms with Gasteiger partial charge in [-0.1, -0.05) is 103 Å². The van der Waals surface area contributed by atoms with Crippen molar-refractivity contribution in [1.82, 2.24) is 5.32 Å². The SMILES string of the molecule is CCCCCCCCCCCCCCCCCCOCCOCCOCCOCCOCCOCCNC. The predicted molar refractivity (Wildman–Crippen MR) is 158 cm³/mol. The van der Waals surface area contributed by atoms with Gasteiger partial charge in [0.05, 0.1) is 72.7 Å². The van der Waals surface area contributed by atoms with Gasteiger partial charge in [-0.05, 0) is 13.5 Å². The third-order valence-corrected chi connectivity index (χ3v) is 6.50. The fraction of sp³-hybridized carbons (Fsp3) is 1.00. The fourth-order valence-electron chi connectivity index (χ4n) is 4.13. The number of nitrogens with one attached hydrogen (secondary N) is 1. The van der Waals surface area contributed by atoms with Crippen LogP contribution in [-0.2, 0) is 28.4 Å². The molecule has 0 aliphatic rings. The highest BCUT2D eigenvalue weighted by Crippen LogP contribution is 2.13. The van der Waals surface area contributed by atoms with Crippen LogP contribution in [0.15, 0.2) is 0 Å². The second kappa shape index (κ2) is 36.7. The molecule has 230 valence electrons. The van der Waals surface area contributed by atoms with Crippen molar-refractivity contribution in [2.75, 3.05) is 92.9 Å². The third-order valence-electron chi connectivity index (χ3n) is 6.50. The van der Waals surface area contributed by atoms with Gasteiger partial charge in [-0.15, -0.1) is 0 Å². The number of ether oxygens (including phenoxy) is 6. The number of hydrogen-bond acceptors (Lipinski definition) is 7. The summed E-state index contributed by atoms with van der Waals surface area (Å²) in [5, 5.41) is 3.03. The molecule has 0 heterocycles. The van der Waals surface area contributed by atoms with E-state index in [1.165, 1.54) is 96.3 Å². The lowest BCUT2D eigenvalue weighted by Gasteiger charge is -2.08. The Morgan fingerprint density at radius 1 is 0.316 bits per heavy atom. The molecule has 0 rings (SSSR count). The van der Waals surface area contributed by atoms with E-state index in [2.05, 4.69) is 12.2 Å². The summed E-state index contributed by atoms with van der Waals surface area (Å²) in [6, 6.07) is 0. The molecule has 0 aromatic heterocycles. The molecule has 0 saturated heterocycles. The zero-order chi connectivity index (χ0) is 27.5. The standard InChI is InChI=1S/C31H65NO6/c1-3-4-5-6-7-8-9-10-11-12-13-14-15-16-17-18-20-33-22-24-35-26-28-37-30-31-38-29-27-36-25-23-34-21-19-32-2/h32H,3-31H2,1-2H3. The summed E-state index contributed by atoms with van der Waals surface area (Å²) in [5.74, 6) is 0. The predicted octanol–water partition coefficient (Wildman–Crippen LogP) is 6.57. The first-order valence-corrected chi connectivity index (χ1v) is 16.0. The Balaban J connectivity index is 3.01. The molecule has 7 heteroatoms. The van der Waals surface area contributed by atoms with Crippen LogP contribution in [0.25, 0.3) is 0 Å². The first kappa shape index (κ1) is 37.7. The van der Waals surface area contributed by atoms with Gasteiger partial charge in [-0.25, -0.2) is 0 Å². The summed E-state index contributed by atoms with van der Waals surface area (Å²) in [4.78, 5) is 0. The maximum atomic E-state index is 5.67. The van der Waals surface area contributed by atoms with Crippen LogP contribution in [-0.4, -0.2) is 92.9 Å².